The lowest BCUT2D eigenvalue weighted by Gasteiger charge is -1.99. The minimum absolute atomic E-state index is 0.232. The molecule has 0 atom stereocenters. The van der Waals surface area contributed by atoms with E-state index in [0.717, 1.165) is 8.96 Å². The van der Waals surface area contributed by atoms with Gasteiger partial charge in [0, 0.05) is 15.0 Å². The van der Waals surface area contributed by atoms with Crippen LogP contribution in [0.5, 0.6) is 5.75 Å². The molecule has 0 radical (unpaired) electrons. The maximum Gasteiger partial charge on any atom is 0.313 e. The summed E-state index contributed by atoms with van der Waals surface area (Å²) >= 11 is 3.32. The van der Waals surface area contributed by atoms with Crippen LogP contribution in [0.25, 0.3) is 10.1 Å². The zero-order valence-corrected chi connectivity index (χ0v) is 9.70. The number of rotatable bonds is 1. The molecule has 1 aromatic heterocycles. The van der Waals surface area contributed by atoms with E-state index in [1.165, 1.54) is 17.4 Å². The third-order valence-electron chi connectivity index (χ3n) is 1.84. The molecule has 0 saturated heterocycles. The fraction of sp³-hybridized carbons (Fsp3) is 0. The molecule has 0 fully saturated rings. The number of nitrogens with zero attached hydrogens (tertiary/aromatic N) is 1. The Hall–Kier alpha value is -0.890. The molecule has 2 aromatic rings. The molecule has 0 bridgehead atoms. The van der Waals surface area contributed by atoms with Gasteiger partial charge in [0.25, 0.3) is 0 Å². The summed E-state index contributed by atoms with van der Waals surface area (Å²) in [5.41, 5.74) is -0.232. The minimum atomic E-state index is -0.573. The summed E-state index contributed by atoms with van der Waals surface area (Å²) in [6.07, 6.45) is 0. The SMILES string of the molecule is O=[N+]([O-])c1cc(I)c2ccsc2c1O. The van der Waals surface area contributed by atoms with Crippen molar-refractivity contribution in [3.05, 3.63) is 31.2 Å². The van der Waals surface area contributed by atoms with Crippen LogP contribution in [0.3, 0.4) is 0 Å². The lowest BCUT2D eigenvalue weighted by Crippen LogP contribution is -1.89. The predicted molar refractivity (Wildman–Crippen MR) is 62.9 cm³/mol. The highest BCUT2D eigenvalue weighted by atomic mass is 127. The first kappa shape index (κ1) is 9.66. The molecule has 1 heterocycles. The Morgan fingerprint density at radius 1 is 1.57 bits per heavy atom. The third-order valence-corrected chi connectivity index (χ3v) is 3.65. The summed E-state index contributed by atoms with van der Waals surface area (Å²) < 4.78 is 1.35. The number of hydrogen-bond acceptors (Lipinski definition) is 4. The molecular formula is C8H4INO3S. The number of phenolic OH excluding ortho intramolecular Hbond substituents is 1. The van der Waals surface area contributed by atoms with E-state index in [9.17, 15) is 15.2 Å². The van der Waals surface area contributed by atoms with Crippen LogP contribution >= 0.6 is 33.9 Å². The molecule has 0 spiro atoms. The van der Waals surface area contributed by atoms with Crippen LogP contribution in [-0.2, 0) is 0 Å². The fourth-order valence-corrected chi connectivity index (χ4v) is 2.99. The van der Waals surface area contributed by atoms with Crippen LogP contribution < -0.4 is 0 Å². The van der Waals surface area contributed by atoms with Crippen molar-refractivity contribution in [2.75, 3.05) is 0 Å². The monoisotopic (exact) mass is 321 g/mol. The molecule has 0 unspecified atom stereocenters. The maximum absolute atomic E-state index is 10.6. The third kappa shape index (κ3) is 1.34. The van der Waals surface area contributed by atoms with Crippen LogP contribution in [0.4, 0.5) is 5.69 Å². The molecule has 0 aliphatic carbocycles. The number of phenols is 1. The molecule has 4 nitrogen and oxygen atoms in total. The number of aromatic hydroxyl groups is 1. The summed E-state index contributed by atoms with van der Waals surface area (Å²) in [5, 5.41) is 22.8. The van der Waals surface area contributed by atoms with E-state index in [4.69, 9.17) is 0 Å². The fourth-order valence-electron chi connectivity index (χ4n) is 1.20. The predicted octanol–water partition coefficient (Wildman–Crippen LogP) is 3.12. The number of hydrogen-bond donors (Lipinski definition) is 1. The van der Waals surface area contributed by atoms with Gasteiger partial charge in [0.1, 0.15) is 0 Å². The van der Waals surface area contributed by atoms with E-state index in [1.54, 1.807) is 5.38 Å². The number of fused-ring (bicyclic) bond motifs is 1. The van der Waals surface area contributed by atoms with Crippen molar-refractivity contribution in [2.45, 2.75) is 0 Å². The molecule has 1 aromatic carbocycles. The summed E-state index contributed by atoms with van der Waals surface area (Å²) in [5.74, 6) is -0.236. The van der Waals surface area contributed by atoms with Gasteiger partial charge in [-0.2, -0.15) is 0 Å². The van der Waals surface area contributed by atoms with Gasteiger partial charge in [0.15, 0.2) is 0 Å². The zero-order valence-electron chi connectivity index (χ0n) is 6.73. The standard InChI is InChI=1S/C8H4INO3S/c9-5-3-6(10(12)13)7(11)8-4(5)1-2-14-8/h1-3,11H. The molecule has 0 aliphatic heterocycles. The van der Waals surface area contributed by atoms with E-state index in [0.29, 0.717) is 4.70 Å². The van der Waals surface area contributed by atoms with Crippen molar-refractivity contribution < 1.29 is 10.0 Å². The first-order valence-corrected chi connectivity index (χ1v) is 5.60. The molecule has 6 heteroatoms. The Morgan fingerprint density at radius 2 is 2.29 bits per heavy atom. The van der Waals surface area contributed by atoms with E-state index in [2.05, 4.69) is 0 Å². The average Bonchev–Trinajstić information content (AvgIpc) is 2.59. The van der Waals surface area contributed by atoms with Crippen LogP contribution in [0.1, 0.15) is 0 Å². The van der Waals surface area contributed by atoms with Crippen molar-refractivity contribution in [3.63, 3.8) is 0 Å². The summed E-state index contributed by atoms with van der Waals surface area (Å²) in [6.45, 7) is 0. The van der Waals surface area contributed by atoms with Crippen LogP contribution in [0.15, 0.2) is 17.5 Å². The lowest BCUT2D eigenvalue weighted by atomic mass is 10.2. The van der Waals surface area contributed by atoms with Crippen molar-refractivity contribution in [3.8, 4) is 5.75 Å². The van der Waals surface area contributed by atoms with E-state index in [-0.39, 0.29) is 11.4 Å². The highest BCUT2D eigenvalue weighted by Gasteiger charge is 2.19. The topological polar surface area (TPSA) is 63.4 Å². The summed E-state index contributed by atoms with van der Waals surface area (Å²) in [7, 11) is 0. The summed E-state index contributed by atoms with van der Waals surface area (Å²) in [4.78, 5) is 10.0. The average molecular weight is 321 g/mol. The first-order chi connectivity index (χ1) is 6.61. The molecule has 2 rings (SSSR count). The van der Waals surface area contributed by atoms with Crippen molar-refractivity contribution in [1.29, 1.82) is 0 Å². The van der Waals surface area contributed by atoms with Gasteiger partial charge in [0.2, 0.25) is 5.75 Å². The lowest BCUT2D eigenvalue weighted by molar-refractivity contribution is -0.385. The van der Waals surface area contributed by atoms with Gasteiger partial charge >= 0.3 is 5.69 Å². The Labute approximate surface area is 96.5 Å². The molecule has 0 amide bonds. The van der Waals surface area contributed by atoms with Crippen LogP contribution in [-0.4, -0.2) is 10.0 Å². The van der Waals surface area contributed by atoms with Gasteiger partial charge in [-0.3, -0.25) is 10.1 Å². The normalized spacial score (nSPS) is 10.6. The first-order valence-electron chi connectivity index (χ1n) is 3.64. The van der Waals surface area contributed by atoms with Gasteiger partial charge in [-0.25, -0.2) is 0 Å². The van der Waals surface area contributed by atoms with Gasteiger partial charge in [-0.1, -0.05) is 0 Å². The Morgan fingerprint density at radius 3 is 2.93 bits per heavy atom. The van der Waals surface area contributed by atoms with Crippen LogP contribution in [0.2, 0.25) is 0 Å². The van der Waals surface area contributed by atoms with Crippen molar-refractivity contribution in [1.82, 2.24) is 0 Å². The van der Waals surface area contributed by atoms with Crippen LogP contribution in [0, 0.1) is 13.7 Å². The number of halogens is 1. The van der Waals surface area contributed by atoms with Gasteiger partial charge < -0.3 is 5.11 Å². The second-order valence-electron chi connectivity index (χ2n) is 2.65. The Balaban J connectivity index is 2.88. The Bertz CT molecular complexity index is 523. The van der Waals surface area contributed by atoms with Gasteiger partial charge in [-0.15, -0.1) is 11.3 Å². The highest BCUT2D eigenvalue weighted by Crippen LogP contribution is 2.40. The molecule has 0 saturated carbocycles. The highest BCUT2D eigenvalue weighted by molar-refractivity contribution is 14.1. The van der Waals surface area contributed by atoms with Crippen molar-refractivity contribution >= 4 is 49.7 Å². The quantitative estimate of drug-likeness (QED) is 0.499. The minimum Gasteiger partial charge on any atom is -0.501 e. The number of nitro benzene ring substituents is 1. The van der Waals surface area contributed by atoms with Gasteiger partial charge in [0.05, 0.1) is 9.62 Å². The van der Waals surface area contributed by atoms with Gasteiger partial charge in [-0.05, 0) is 34.0 Å². The largest absolute Gasteiger partial charge is 0.501 e. The molecule has 14 heavy (non-hydrogen) atoms. The second kappa shape index (κ2) is 3.35. The smallest absolute Gasteiger partial charge is 0.313 e. The summed E-state index contributed by atoms with van der Waals surface area (Å²) in [6, 6.07) is 3.22. The maximum atomic E-state index is 10.6. The molecule has 1 N–H and O–H groups in total. The molecular weight excluding hydrogens is 317 g/mol. The van der Waals surface area contributed by atoms with Crippen molar-refractivity contribution in [2.24, 2.45) is 0 Å². The van der Waals surface area contributed by atoms with E-state index >= 15 is 0 Å². The van der Waals surface area contributed by atoms with E-state index in [1.807, 2.05) is 28.7 Å². The number of thiophene rings is 1. The number of nitro groups is 1. The molecule has 0 aliphatic rings. The second-order valence-corrected chi connectivity index (χ2v) is 4.72. The molecule has 72 valence electrons. The zero-order chi connectivity index (χ0) is 10.3. The Kier molecular flexibility index (Phi) is 2.31. The number of benzene rings is 1. The van der Waals surface area contributed by atoms with E-state index < -0.39 is 4.92 Å².